The molecule has 0 aromatic carbocycles. The zero-order valence-electron chi connectivity index (χ0n) is 17.2. The van der Waals surface area contributed by atoms with Crippen LogP contribution in [0.5, 0.6) is 0 Å². The molecule has 4 amide bonds. The molecule has 0 radical (unpaired) electrons. The Labute approximate surface area is 183 Å². The number of aryl methyl sites for hydroxylation is 1. The molecule has 10 nitrogen and oxygen atoms in total. The van der Waals surface area contributed by atoms with Crippen LogP contribution in [-0.4, -0.2) is 58.6 Å². The van der Waals surface area contributed by atoms with E-state index in [-0.39, 0.29) is 23.6 Å². The highest BCUT2D eigenvalue weighted by Crippen LogP contribution is 2.48. The molecule has 2 heterocycles. The molecule has 3 rings (SSSR count). The van der Waals surface area contributed by atoms with Gasteiger partial charge in [0.1, 0.15) is 11.8 Å². The third kappa shape index (κ3) is 5.93. The van der Waals surface area contributed by atoms with Crippen LogP contribution < -0.4 is 16.1 Å². The predicted molar refractivity (Wildman–Crippen MR) is 106 cm³/mol. The average Bonchev–Trinajstić information content (AvgIpc) is 3.07. The highest BCUT2D eigenvalue weighted by Gasteiger charge is 2.42. The summed E-state index contributed by atoms with van der Waals surface area (Å²) in [5, 5.41) is 9.56. The van der Waals surface area contributed by atoms with Gasteiger partial charge in [-0.1, -0.05) is 23.7 Å². The van der Waals surface area contributed by atoms with Crippen molar-refractivity contribution < 1.29 is 28.1 Å². The molecule has 1 saturated carbocycles. The Morgan fingerprint density at radius 1 is 1.45 bits per heavy atom. The first-order valence-electron chi connectivity index (χ1n) is 10.00. The maximum absolute atomic E-state index is 13.5. The lowest BCUT2D eigenvalue weighted by Gasteiger charge is -2.28. The van der Waals surface area contributed by atoms with Crippen molar-refractivity contribution >= 4 is 35.2 Å². The fourth-order valence-corrected chi connectivity index (χ4v) is 3.50. The SMILES string of the molecule is Cc1cc(C(=O)N[C@@H](CC2(C)CC2)C(=O)NN(C[C@H]2CCNC2=O)C(=O)C(F)Cl)no1. The van der Waals surface area contributed by atoms with Gasteiger partial charge in [0, 0.05) is 12.6 Å². The van der Waals surface area contributed by atoms with Gasteiger partial charge in [0.05, 0.1) is 12.5 Å². The normalized spacial score (nSPS) is 21.0. The van der Waals surface area contributed by atoms with E-state index < -0.39 is 35.3 Å². The van der Waals surface area contributed by atoms with E-state index >= 15 is 0 Å². The smallest absolute Gasteiger partial charge is 0.291 e. The second kappa shape index (κ2) is 9.21. The Balaban J connectivity index is 1.73. The second-order valence-electron chi connectivity index (χ2n) is 8.37. The highest BCUT2D eigenvalue weighted by molar-refractivity contribution is 6.29. The molecule has 12 heteroatoms. The molecule has 0 bridgehead atoms. The molecule has 1 aliphatic carbocycles. The van der Waals surface area contributed by atoms with Crippen molar-refractivity contribution in [3.8, 4) is 0 Å². The number of carbonyl (C=O) groups is 4. The maximum Gasteiger partial charge on any atom is 0.291 e. The number of hydrogen-bond donors (Lipinski definition) is 3. The number of nitrogens with zero attached hydrogens (tertiary/aromatic N) is 2. The molecule has 1 unspecified atom stereocenters. The van der Waals surface area contributed by atoms with E-state index in [4.69, 9.17) is 16.1 Å². The zero-order valence-corrected chi connectivity index (χ0v) is 18.0. The van der Waals surface area contributed by atoms with Gasteiger partial charge in [-0.3, -0.25) is 24.6 Å². The molecular formula is C19H25ClFN5O5. The summed E-state index contributed by atoms with van der Waals surface area (Å²) in [4.78, 5) is 49.5. The van der Waals surface area contributed by atoms with E-state index in [1.807, 2.05) is 6.92 Å². The first-order valence-corrected chi connectivity index (χ1v) is 10.4. The standard InChI is InChI=1S/C19H25ClFN5O5/c1-10-7-12(25-31-10)16(28)23-13(8-19(2)4-5-19)17(29)24-26(18(30)14(20)21)9-11-3-6-22-15(11)27/h7,11,13-14H,3-6,8-9H2,1-2H3,(H,22,27)(H,23,28)(H,24,29)/t11-,13+,14?/m1/s1. The summed E-state index contributed by atoms with van der Waals surface area (Å²) in [6.07, 6.45) is 2.51. The first-order chi connectivity index (χ1) is 14.6. The van der Waals surface area contributed by atoms with E-state index in [1.54, 1.807) is 6.92 Å². The van der Waals surface area contributed by atoms with E-state index in [0.29, 0.717) is 30.2 Å². The van der Waals surface area contributed by atoms with Gasteiger partial charge >= 0.3 is 0 Å². The Morgan fingerprint density at radius 2 is 2.16 bits per heavy atom. The van der Waals surface area contributed by atoms with Gasteiger partial charge in [-0.25, -0.2) is 9.40 Å². The van der Waals surface area contributed by atoms with Crippen LogP contribution in [-0.2, 0) is 14.4 Å². The van der Waals surface area contributed by atoms with Crippen molar-refractivity contribution in [1.29, 1.82) is 0 Å². The minimum absolute atomic E-state index is 0.0105. The van der Waals surface area contributed by atoms with E-state index in [2.05, 4.69) is 21.2 Å². The van der Waals surface area contributed by atoms with Crippen LogP contribution in [0.3, 0.4) is 0 Å². The van der Waals surface area contributed by atoms with Crippen LogP contribution in [0.1, 0.15) is 48.9 Å². The van der Waals surface area contributed by atoms with Gasteiger partial charge in [-0.2, -0.15) is 0 Å². The predicted octanol–water partition coefficient (Wildman–Crippen LogP) is 0.802. The molecule has 2 fully saturated rings. The van der Waals surface area contributed by atoms with Crippen LogP contribution in [0.25, 0.3) is 0 Å². The van der Waals surface area contributed by atoms with E-state index in [1.165, 1.54) is 6.07 Å². The molecule has 1 aliphatic heterocycles. The number of nitrogens with one attached hydrogen (secondary N) is 3. The summed E-state index contributed by atoms with van der Waals surface area (Å²) in [6.45, 7) is 3.79. The molecule has 1 aromatic rings. The minimum Gasteiger partial charge on any atom is -0.361 e. The number of rotatable bonds is 8. The number of carbonyl (C=O) groups excluding carboxylic acids is 4. The number of hydrazine groups is 1. The first kappa shape index (κ1) is 23.0. The number of halogens is 2. The Morgan fingerprint density at radius 3 is 2.68 bits per heavy atom. The largest absolute Gasteiger partial charge is 0.361 e. The molecule has 1 saturated heterocycles. The van der Waals surface area contributed by atoms with Crippen molar-refractivity contribution in [3.05, 3.63) is 17.5 Å². The summed E-state index contributed by atoms with van der Waals surface area (Å²) in [5.41, 5.74) is -0.176. The number of amides is 4. The summed E-state index contributed by atoms with van der Waals surface area (Å²) in [5.74, 6) is -2.99. The molecule has 0 spiro atoms. The summed E-state index contributed by atoms with van der Waals surface area (Å²) in [6, 6.07) is 0.414. The van der Waals surface area contributed by atoms with Crippen molar-refractivity contribution in [2.45, 2.75) is 51.2 Å². The van der Waals surface area contributed by atoms with E-state index in [0.717, 1.165) is 12.8 Å². The number of alkyl halides is 2. The third-order valence-corrected chi connectivity index (χ3v) is 5.73. The van der Waals surface area contributed by atoms with Gasteiger partial charge in [-0.05, 0) is 38.0 Å². The topological polar surface area (TPSA) is 134 Å². The van der Waals surface area contributed by atoms with Gasteiger partial charge in [0.25, 0.3) is 23.4 Å². The van der Waals surface area contributed by atoms with Gasteiger partial charge in [0.2, 0.25) is 5.91 Å². The summed E-state index contributed by atoms with van der Waals surface area (Å²) in [7, 11) is 0. The Bertz CT molecular complexity index is 872. The van der Waals surface area contributed by atoms with Crippen molar-refractivity contribution in [3.63, 3.8) is 0 Å². The van der Waals surface area contributed by atoms with Crippen LogP contribution in [0, 0.1) is 18.3 Å². The van der Waals surface area contributed by atoms with Crippen molar-refractivity contribution in [1.82, 2.24) is 26.2 Å². The number of hydrogen-bond acceptors (Lipinski definition) is 6. The molecular weight excluding hydrogens is 433 g/mol. The van der Waals surface area contributed by atoms with Crippen molar-refractivity contribution in [2.24, 2.45) is 11.3 Å². The molecule has 1 aromatic heterocycles. The zero-order chi connectivity index (χ0) is 22.8. The fraction of sp³-hybridized carbons (Fsp3) is 0.632. The Kier molecular flexibility index (Phi) is 6.83. The van der Waals surface area contributed by atoms with E-state index in [9.17, 15) is 23.6 Å². The quantitative estimate of drug-likeness (QED) is 0.390. The highest BCUT2D eigenvalue weighted by atomic mass is 35.5. The summed E-state index contributed by atoms with van der Waals surface area (Å²) < 4.78 is 18.4. The lowest BCUT2D eigenvalue weighted by atomic mass is 9.98. The lowest BCUT2D eigenvalue weighted by molar-refractivity contribution is -0.145. The third-order valence-electron chi connectivity index (χ3n) is 5.55. The van der Waals surface area contributed by atoms with Crippen LogP contribution in [0.15, 0.2) is 10.6 Å². The van der Waals surface area contributed by atoms with Crippen molar-refractivity contribution in [2.75, 3.05) is 13.1 Å². The lowest BCUT2D eigenvalue weighted by Crippen LogP contribution is -2.57. The van der Waals surface area contributed by atoms with Crippen LogP contribution >= 0.6 is 11.6 Å². The van der Waals surface area contributed by atoms with Gasteiger partial charge in [0.15, 0.2) is 5.69 Å². The molecule has 2 aliphatic rings. The molecule has 31 heavy (non-hydrogen) atoms. The van der Waals surface area contributed by atoms with Gasteiger partial charge < -0.3 is 15.2 Å². The average molecular weight is 458 g/mol. The monoisotopic (exact) mass is 457 g/mol. The Hall–Kier alpha value is -2.69. The van der Waals surface area contributed by atoms with Crippen LogP contribution in [0.2, 0.25) is 0 Å². The minimum atomic E-state index is -2.39. The second-order valence-corrected chi connectivity index (χ2v) is 8.75. The fourth-order valence-electron chi connectivity index (χ4n) is 3.38. The maximum atomic E-state index is 13.5. The molecule has 3 atom stereocenters. The summed E-state index contributed by atoms with van der Waals surface area (Å²) >= 11 is 5.29. The van der Waals surface area contributed by atoms with Crippen LogP contribution in [0.4, 0.5) is 4.39 Å². The molecule has 170 valence electrons. The van der Waals surface area contributed by atoms with Gasteiger partial charge in [-0.15, -0.1) is 0 Å². The number of aromatic nitrogens is 1. The molecule has 3 N–H and O–H groups in total.